The first-order chi connectivity index (χ1) is 14.0. The molecule has 1 saturated heterocycles. The lowest BCUT2D eigenvalue weighted by Gasteiger charge is -2.18. The maximum Gasteiger partial charge on any atom is 0.254 e. The molecule has 1 atom stereocenters. The number of rotatable bonds is 7. The van der Waals surface area contributed by atoms with E-state index in [9.17, 15) is 4.79 Å². The highest BCUT2D eigenvalue weighted by molar-refractivity contribution is 5.95. The van der Waals surface area contributed by atoms with Crippen molar-refractivity contribution in [3.05, 3.63) is 41.7 Å². The van der Waals surface area contributed by atoms with E-state index in [-0.39, 0.29) is 11.9 Å². The van der Waals surface area contributed by atoms with E-state index in [1.54, 1.807) is 23.1 Å². The summed E-state index contributed by atoms with van der Waals surface area (Å²) in [6, 6.07) is 7.17. The highest BCUT2D eigenvalue weighted by Crippen LogP contribution is 2.25. The van der Waals surface area contributed by atoms with E-state index < -0.39 is 0 Å². The monoisotopic (exact) mass is 395 g/mol. The number of likely N-dealkylation sites (tertiary alicyclic amines) is 1. The van der Waals surface area contributed by atoms with Gasteiger partial charge in [-0.25, -0.2) is 9.97 Å². The van der Waals surface area contributed by atoms with Crippen LogP contribution < -0.4 is 15.8 Å². The Morgan fingerprint density at radius 2 is 2.17 bits per heavy atom. The fraction of sp³-hybridized carbons (Fsp3) is 0.400. The molecule has 2 aromatic rings. The number of nitrogens with two attached hydrogens (primary N) is 1. The number of nitrogens with zero attached hydrogens (tertiary/aromatic N) is 5. The molecule has 1 unspecified atom stereocenters. The lowest BCUT2D eigenvalue weighted by Crippen LogP contribution is -2.32. The Kier molecular flexibility index (Phi) is 6.46. The first-order valence-electron chi connectivity index (χ1n) is 9.41. The fourth-order valence-corrected chi connectivity index (χ4v) is 3.02. The maximum absolute atomic E-state index is 12.9. The lowest BCUT2D eigenvalue weighted by molar-refractivity contribution is 0.0791. The fourth-order valence-electron chi connectivity index (χ4n) is 3.02. The average molecular weight is 395 g/mol. The Morgan fingerprint density at radius 1 is 1.41 bits per heavy atom. The standard InChI is InChI=1S/C20H25N7O2/c1-26(2)7-8-29-18-9-15(3-4-17(18)22)19(28)27-6-5-16(13-27)25-20-23-11-14(10-21)12-24-20/h3-4,9,11-12,16H,5-8,13,22H2,1-2H3,(H,23,24,25). The van der Waals surface area contributed by atoms with Crippen LogP contribution in [0.5, 0.6) is 5.75 Å². The van der Waals surface area contributed by atoms with Crippen molar-refractivity contribution in [1.82, 2.24) is 19.8 Å². The van der Waals surface area contributed by atoms with Crippen LogP contribution in [-0.2, 0) is 0 Å². The van der Waals surface area contributed by atoms with Gasteiger partial charge in [-0.1, -0.05) is 0 Å². The minimum atomic E-state index is -0.0625. The van der Waals surface area contributed by atoms with Gasteiger partial charge >= 0.3 is 0 Å². The van der Waals surface area contributed by atoms with Crippen molar-refractivity contribution in [2.24, 2.45) is 0 Å². The predicted molar refractivity (Wildman–Crippen MR) is 110 cm³/mol. The number of amides is 1. The van der Waals surface area contributed by atoms with Gasteiger partial charge in [-0.2, -0.15) is 5.26 Å². The number of nitrogens with one attached hydrogen (secondary N) is 1. The maximum atomic E-state index is 12.9. The van der Waals surface area contributed by atoms with Crippen molar-refractivity contribution in [2.45, 2.75) is 12.5 Å². The third-order valence-electron chi connectivity index (χ3n) is 4.65. The van der Waals surface area contributed by atoms with Gasteiger partial charge in [0.15, 0.2) is 0 Å². The molecule has 2 heterocycles. The van der Waals surface area contributed by atoms with Crippen LogP contribution in [-0.4, -0.2) is 72.1 Å². The number of nitriles is 1. The molecular weight excluding hydrogens is 370 g/mol. The molecule has 1 fully saturated rings. The van der Waals surface area contributed by atoms with Gasteiger partial charge < -0.3 is 25.6 Å². The number of aromatic nitrogens is 2. The second-order valence-electron chi connectivity index (χ2n) is 7.19. The van der Waals surface area contributed by atoms with Crippen molar-refractivity contribution in [3.63, 3.8) is 0 Å². The van der Waals surface area contributed by atoms with Gasteiger partial charge in [0.05, 0.1) is 23.6 Å². The van der Waals surface area contributed by atoms with E-state index in [1.165, 1.54) is 12.4 Å². The van der Waals surface area contributed by atoms with Crippen molar-refractivity contribution in [3.8, 4) is 11.8 Å². The summed E-state index contributed by atoms with van der Waals surface area (Å²) in [4.78, 5) is 24.9. The third-order valence-corrected chi connectivity index (χ3v) is 4.65. The molecule has 1 aromatic heterocycles. The van der Waals surface area contributed by atoms with Crippen molar-refractivity contribution in [2.75, 3.05) is 51.4 Å². The molecule has 29 heavy (non-hydrogen) atoms. The first kappa shape index (κ1) is 20.4. The van der Waals surface area contributed by atoms with E-state index in [2.05, 4.69) is 15.3 Å². The highest BCUT2D eigenvalue weighted by Gasteiger charge is 2.27. The van der Waals surface area contributed by atoms with Crippen molar-refractivity contribution in [1.29, 1.82) is 5.26 Å². The Balaban J connectivity index is 1.59. The molecule has 9 nitrogen and oxygen atoms in total. The SMILES string of the molecule is CN(C)CCOc1cc(C(=O)N2CCC(Nc3ncc(C#N)cn3)C2)ccc1N. The number of carbonyl (C=O) groups is 1. The van der Waals surface area contributed by atoms with Crippen LogP contribution in [0, 0.1) is 11.3 Å². The van der Waals surface area contributed by atoms with Crippen LogP contribution in [0.2, 0.25) is 0 Å². The number of nitrogen functional groups attached to an aromatic ring is 1. The van der Waals surface area contributed by atoms with Gasteiger partial charge in [0.2, 0.25) is 5.95 Å². The molecule has 0 radical (unpaired) electrons. The Labute approximate surface area is 170 Å². The number of carbonyl (C=O) groups excluding carboxylic acids is 1. The van der Waals surface area contributed by atoms with E-state index in [1.807, 2.05) is 25.1 Å². The van der Waals surface area contributed by atoms with Gasteiger partial charge in [0.25, 0.3) is 5.91 Å². The van der Waals surface area contributed by atoms with Gasteiger partial charge in [0, 0.05) is 31.2 Å². The van der Waals surface area contributed by atoms with E-state index in [0.29, 0.717) is 48.2 Å². The second-order valence-corrected chi connectivity index (χ2v) is 7.19. The summed E-state index contributed by atoms with van der Waals surface area (Å²) in [5.41, 5.74) is 7.45. The molecule has 1 aromatic carbocycles. The van der Waals surface area contributed by atoms with Crippen LogP contribution in [0.4, 0.5) is 11.6 Å². The number of anilines is 2. The molecule has 152 valence electrons. The molecule has 1 aliphatic heterocycles. The average Bonchev–Trinajstić information content (AvgIpc) is 3.17. The number of hydrogen-bond acceptors (Lipinski definition) is 8. The normalized spacial score (nSPS) is 15.9. The minimum absolute atomic E-state index is 0.0523. The van der Waals surface area contributed by atoms with E-state index in [4.69, 9.17) is 15.7 Å². The Bertz CT molecular complexity index is 893. The van der Waals surface area contributed by atoms with Gasteiger partial charge in [-0.3, -0.25) is 4.79 Å². The summed E-state index contributed by atoms with van der Waals surface area (Å²) in [5, 5.41) is 12.0. The number of likely N-dealkylation sites (N-methyl/N-ethyl adjacent to an activating group) is 1. The molecule has 1 aliphatic rings. The third kappa shape index (κ3) is 5.33. The Hall–Kier alpha value is -3.38. The molecular formula is C20H25N7O2. The van der Waals surface area contributed by atoms with Crippen LogP contribution in [0.1, 0.15) is 22.3 Å². The zero-order valence-corrected chi connectivity index (χ0v) is 16.6. The van der Waals surface area contributed by atoms with Crippen molar-refractivity contribution < 1.29 is 9.53 Å². The highest BCUT2D eigenvalue weighted by atomic mass is 16.5. The van der Waals surface area contributed by atoms with Gasteiger partial charge in [-0.05, 0) is 38.7 Å². The van der Waals surface area contributed by atoms with Gasteiger partial charge in [-0.15, -0.1) is 0 Å². The van der Waals surface area contributed by atoms with Crippen molar-refractivity contribution >= 4 is 17.5 Å². The van der Waals surface area contributed by atoms with Crippen LogP contribution >= 0.6 is 0 Å². The quantitative estimate of drug-likeness (QED) is 0.671. The summed E-state index contributed by atoms with van der Waals surface area (Å²) in [7, 11) is 3.93. The summed E-state index contributed by atoms with van der Waals surface area (Å²) < 4.78 is 5.73. The second kappa shape index (κ2) is 9.21. The number of ether oxygens (including phenoxy) is 1. The number of hydrogen-bond donors (Lipinski definition) is 2. The molecule has 0 bridgehead atoms. The number of benzene rings is 1. The Morgan fingerprint density at radius 3 is 2.86 bits per heavy atom. The molecule has 0 aliphatic carbocycles. The molecule has 0 saturated carbocycles. The van der Waals surface area contributed by atoms with Crippen LogP contribution in [0.25, 0.3) is 0 Å². The first-order valence-corrected chi connectivity index (χ1v) is 9.41. The molecule has 3 N–H and O–H groups in total. The molecule has 1 amide bonds. The largest absolute Gasteiger partial charge is 0.490 e. The van der Waals surface area contributed by atoms with E-state index in [0.717, 1.165) is 13.0 Å². The van der Waals surface area contributed by atoms with Crippen LogP contribution in [0.3, 0.4) is 0 Å². The predicted octanol–water partition coefficient (Wildman–Crippen LogP) is 1.20. The lowest BCUT2D eigenvalue weighted by atomic mass is 10.1. The zero-order chi connectivity index (χ0) is 20.8. The molecule has 3 rings (SSSR count). The smallest absolute Gasteiger partial charge is 0.254 e. The summed E-state index contributed by atoms with van der Waals surface area (Å²) in [5.74, 6) is 0.914. The molecule has 0 spiro atoms. The van der Waals surface area contributed by atoms with E-state index >= 15 is 0 Å². The molecule has 9 heteroatoms. The zero-order valence-electron chi connectivity index (χ0n) is 16.6. The van der Waals surface area contributed by atoms with Crippen LogP contribution in [0.15, 0.2) is 30.6 Å². The summed E-state index contributed by atoms with van der Waals surface area (Å²) in [6.07, 6.45) is 3.73. The topological polar surface area (TPSA) is 120 Å². The summed E-state index contributed by atoms with van der Waals surface area (Å²) in [6.45, 7) is 2.43. The van der Waals surface area contributed by atoms with Gasteiger partial charge in [0.1, 0.15) is 18.4 Å². The summed E-state index contributed by atoms with van der Waals surface area (Å²) >= 11 is 0. The minimum Gasteiger partial charge on any atom is -0.490 e.